The molecule has 0 amide bonds. The van der Waals surface area contributed by atoms with Gasteiger partial charge in [0.15, 0.2) is 0 Å². The van der Waals surface area contributed by atoms with Gasteiger partial charge in [0.2, 0.25) is 0 Å². The molecule has 0 N–H and O–H groups in total. The van der Waals surface area contributed by atoms with Crippen LogP contribution in [-0.2, 0) is 6.42 Å². The fraction of sp³-hybridized carbons (Fsp3) is 0.0755. The molecule has 0 bridgehead atoms. The first kappa shape index (κ1) is 38.7. The lowest BCUT2D eigenvalue weighted by atomic mass is 10.1. The van der Waals surface area contributed by atoms with Gasteiger partial charge in [-0.3, -0.25) is 14.5 Å². The topological polar surface area (TPSA) is 37.1 Å². The third-order valence-electron chi connectivity index (χ3n) is 10.4. The first-order valence-corrected chi connectivity index (χ1v) is 23.4. The lowest BCUT2D eigenvalue weighted by Crippen LogP contribution is -2.25. The maximum atomic E-state index is 5.84. The summed E-state index contributed by atoms with van der Waals surface area (Å²) >= 11 is 0. The zero-order valence-electron chi connectivity index (χ0n) is 32.8. The molecule has 284 valence electrons. The maximum absolute atomic E-state index is 5.84. The quantitative estimate of drug-likeness (QED) is 0.0634. The van der Waals surface area contributed by atoms with Crippen LogP contribution in [0.1, 0.15) is 23.1 Å². The van der Waals surface area contributed by atoms with Crippen molar-refractivity contribution < 1.29 is 0 Å². The summed E-state index contributed by atoms with van der Waals surface area (Å²) in [6.07, 6.45) is 3.80. The molecule has 8 aromatic carbocycles. The summed E-state index contributed by atoms with van der Waals surface area (Å²) in [5, 5.41) is 7.38. The van der Waals surface area contributed by atoms with E-state index in [-0.39, 0.29) is 0 Å². The Labute approximate surface area is 344 Å². The summed E-state index contributed by atoms with van der Waals surface area (Å²) in [6, 6.07) is 80.1. The van der Waals surface area contributed by atoms with Gasteiger partial charge in [-0.25, -0.2) is 0 Å². The minimum atomic E-state index is -2.44. The lowest BCUT2D eigenvalue weighted by Gasteiger charge is -2.27. The molecule has 0 aliphatic heterocycles. The van der Waals surface area contributed by atoms with E-state index in [1.54, 1.807) is 0 Å². The van der Waals surface area contributed by atoms with Crippen LogP contribution >= 0.6 is 14.1 Å². The smallest absolute Gasteiger partial charge is 0.0713 e. The van der Waals surface area contributed by atoms with Crippen LogP contribution in [0.4, 0.5) is 11.4 Å². The third kappa shape index (κ3) is 8.30. The molecule has 0 saturated carbocycles. The van der Waals surface area contributed by atoms with E-state index in [1.807, 2.05) is 6.21 Å². The predicted octanol–water partition coefficient (Wildman–Crippen LogP) is 11.7. The summed E-state index contributed by atoms with van der Waals surface area (Å²) in [7, 11) is -4.83. The summed E-state index contributed by atoms with van der Waals surface area (Å²) < 4.78 is 11.7. The molecule has 8 rings (SSSR count). The molecular weight excluding hydrogens is 741 g/mol. The van der Waals surface area contributed by atoms with Crippen LogP contribution in [0.5, 0.6) is 0 Å². The molecule has 0 heterocycles. The van der Waals surface area contributed by atoms with Crippen molar-refractivity contribution in [2.45, 2.75) is 19.8 Å². The molecule has 0 atom stereocenters. The van der Waals surface area contributed by atoms with Gasteiger partial charge in [0.1, 0.15) is 0 Å². The Hall–Kier alpha value is -6.11. The van der Waals surface area contributed by atoms with Crippen LogP contribution in [0, 0.1) is 6.92 Å². The molecule has 0 unspecified atom stereocenters. The zero-order valence-corrected chi connectivity index (χ0v) is 34.6. The van der Waals surface area contributed by atoms with Crippen molar-refractivity contribution in [3.8, 4) is 0 Å². The number of hydrogen-bond acceptors (Lipinski definition) is 3. The zero-order chi connectivity index (χ0) is 39.5. The molecule has 58 heavy (non-hydrogen) atoms. The molecule has 0 radical (unpaired) electrons. The average Bonchev–Trinajstić information content (AvgIpc) is 3.30. The molecule has 0 aromatic heterocycles. The van der Waals surface area contributed by atoms with Crippen LogP contribution in [0.15, 0.2) is 239 Å². The van der Waals surface area contributed by atoms with Gasteiger partial charge < -0.3 is 0 Å². The van der Waals surface area contributed by atoms with Gasteiger partial charge in [-0.05, 0) is 43.5 Å². The highest BCUT2D eigenvalue weighted by Crippen LogP contribution is 2.51. The minimum Gasteiger partial charge on any atom is -0.292 e. The van der Waals surface area contributed by atoms with E-state index >= 15 is 0 Å². The van der Waals surface area contributed by atoms with E-state index < -0.39 is 14.1 Å². The largest absolute Gasteiger partial charge is 0.292 e. The van der Waals surface area contributed by atoms with E-state index in [1.165, 1.54) is 43.0 Å². The summed E-state index contributed by atoms with van der Waals surface area (Å²) in [4.78, 5) is 5.06. The van der Waals surface area contributed by atoms with Crippen LogP contribution in [0.2, 0.25) is 0 Å². The van der Waals surface area contributed by atoms with Gasteiger partial charge in [0.05, 0.1) is 25.5 Å². The van der Waals surface area contributed by atoms with Crippen molar-refractivity contribution in [2.75, 3.05) is 6.54 Å². The number of aryl methyl sites for hydroxylation is 2. The van der Waals surface area contributed by atoms with Crippen LogP contribution in [0.3, 0.4) is 0 Å². The number of nitrogens with zero attached hydrogens (tertiary/aromatic N) is 3. The molecule has 0 saturated heterocycles. The Kier molecular flexibility index (Phi) is 12.3. The average molecular weight is 788 g/mol. The summed E-state index contributed by atoms with van der Waals surface area (Å²) in [5.74, 6) is 0. The van der Waals surface area contributed by atoms with E-state index in [9.17, 15) is 0 Å². The molecule has 3 nitrogen and oxygen atoms in total. The van der Waals surface area contributed by atoms with Gasteiger partial charge in [-0.2, -0.15) is 0 Å². The summed E-state index contributed by atoms with van der Waals surface area (Å²) in [5.41, 5.74) is 5.44. The van der Waals surface area contributed by atoms with E-state index in [0.29, 0.717) is 6.54 Å². The highest BCUT2D eigenvalue weighted by Gasteiger charge is 2.29. The third-order valence-corrected chi connectivity index (χ3v) is 17.7. The highest BCUT2D eigenvalue weighted by molar-refractivity contribution is 7.88. The fourth-order valence-corrected chi connectivity index (χ4v) is 14.8. The van der Waals surface area contributed by atoms with E-state index in [4.69, 9.17) is 14.5 Å². The van der Waals surface area contributed by atoms with Crippen LogP contribution in [-0.4, -0.2) is 12.8 Å². The number of rotatable bonds is 13. The normalized spacial score (nSPS) is 11.7. The van der Waals surface area contributed by atoms with Crippen molar-refractivity contribution in [2.24, 2.45) is 14.5 Å². The highest BCUT2D eigenvalue weighted by atomic mass is 31.2. The number of hydrogen-bond donors (Lipinski definition) is 0. The van der Waals surface area contributed by atoms with Crippen molar-refractivity contribution in [3.05, 3.63) is 241 Å². The second kappa shape index (κ2) is 18.4. The molecular formula is C53H47N3P2. The molecule has 8 aromatic rings. The Balaban J connectivity index is 1.14. The van der Waals surface area contributed by atoms with Crippen LogP contribution in [0.25, 0.3) is 0 Å². The Morgan fingerprint density at radius 3 is 1.17 bits per heavy atom. The fourth-order valence-electron chi connectivity index (χ4n) is 7.64. The molecule has 5 heteroatoms. The molecule has 0 aliphatic carbocycles. The SMILES string of the molecule is Cc1ccc(N=P(c2ccccc2)(c2ccccc2)c2ccccc2)c(C=NCCCc2ccccc2N=P(c2ccccc2)(c2ccccc2)c2ccccc2)c1. The summed E-state index contributed by atoms with van der Waals surface area (Å²) in [6.45, 7) is 2.83. The molecule has 0 spiro atoms. The monoisotopic (exact) mass is 787 g/mol. The first-order valence-electron chi connectivity index (χ1n) is 19.9. The molecule has 0 aliphatic rings. The van der Waals surface area contributed by atoms with Crippen LogP contribution < -0.4 is 31.8 Å². The van der Waals surface area contributed by atoms with Crippen molar-refractivity contribution in [1.82, 2.24) is 0 Å². The van der Waals surface area contributed by atoms with E-state index in [2.05, 4.69) is 231 Å². The van der Waals surface area contributed by atoms with Gasteiger partial charge >= 0.3 is 0 Å². The lowest BCUT2D eigenvalue weighted by molar-refractivity contribution is 0.836. The van der Waals surface area contributed by atoms with Gasteiger partial charge in [-0.15, -0.1) is 0 Å². The number of aliphatic imine (C=N–C) groups is 1. The van der Waals surface area contributed by atoms with Gasteiger partial charge in [0.25, 0.3) is 0 Å². The Bertz CT molecular complexity index is 2490. The van der Waals surface area contributed by atoms with Gasteiger partial charge in [-0.1, -0.05) is 212 Å². The minimum absolute atomic E-state index is 0.689. The van der Waals surface area contributed by atoms with Crippen molar-refractivity contribution >= 4 is 63.5 Å². The first-order chi connectivity index (χ1) is 28.7. The Morgan fingerprint density at radius 1 is 0.397 bits per heavy atom. The predicted molar refractivity (Wildman–Crippen MR) is 253 cm³/mol. The van der Waals surface area contributed by atoms with Crippen molar-refractivity contribution in [1.29, 1.82) is 0 Å². The second-order valence-corrected chi connectivity index (χ2v) is 20.4. The van der Waals surface area contributed by atoms with Crippen molar-refractivity contribution in [3.63, 3.8) is 0 Å². The number of benzene rings is 8. The second-order valence-electron chi connectivity index (χ2n) is 14.3. The van der Waals surface area contributed by atoms with Gasteiger partial charge in [0, 0.05) is 50.2 Å². The molecule has 0 fully saturated rings. The standard InChI is InChI=1S/C53H47N3P2/c1-43-38-39-53(56-58(49-31-14-5-15-32-49,50-33-16-6-17-34-50)51-35-18-7-19-36-51)45(41-43)42-54-40-22-24-44-23-20-21-37-52(44)55-57(46-25-8-2-9-26-46,47-27-10-3-11-28-47)48-29-12-4-13-30-48/h2-21,23,25-39,41-42H,22,24,40H2,1H3. The van der Waals surface area contributed by atoms with E-state index in [0.717, 1.165) is 29.8 Å². The Morgan fingerprint density at radius 2 is 0.759 bits per heavy atom. The maximum Gasteiger partial charge on any atom is 0.0713 e.